The first-order valence-electron chi connectivity index (χ1n) is 27.9. The summed E-state index contributed by atoms with van der Waals surface area (Å²) in [6, 6.07) is 11.0. The van der Waals surface area contributed by atoms with Crippen LogP contribution in [0.15, 0.2) is 134 Å². The van der Waals surface area contributed by atoms with Crippen molar-refractivity contribution in [3.63, 3.8) is 0 Å². The zero-order chi connectivity index (χ0) is 54.0. The van der Waals surface area contributed by atoms with Crippen LogP contribution in [0.1, 0.15) is 205 Å². The highest BCUT2D eigenvalue weighted by molar-refractivity contribution is 5.95. The minimum atomic E-state index is -0.482. The standard InChI is InChI=1S/C20H29N3O2.C17H31N3.C13H23N3.C10H17N3/c24-20(25-18-14-8-3-9-15-18)23-19(21-16-10-4-1-5-11-16)22-17-12-6-2-7-13-17;1-14(2)13-18-17(19-15-9-5-3-6-10-15)20-16-11-7-4-8-12-16;1-10(2)7-14-13(15-8-11(3)4)16-9-12(5)6;1-4-7-11-10(12-8-5-2)13-9-6-3/h3,8-9,14-17H,1-2,4-7,10-13H2,(H2,21,22,23,24);13,15-16H,3-12H2,1-2H3,(H2,18,19,20);7-9H,1-6H3,(H2,14,15,16);4-9H,1-3H3,(H2,11,12,13)/b;;;7-4-,8-5+,9-6+. The van der Waals surface area contributed by atoms with Gasteiger partial charge in [-0.15, -0.1) is 0 Å². The molecule has 0 spiro atoms. The van der Waals surface area contributed by atoms with Crippen LogP contribution in [0.25, 0.3) is 0 Å². The molecule has 14 heteroatoms. The lowest BCUT2D eigenvalue weighted by molar-refractivity contribution is 0.205. The smallest absolute Gasteiger partial charge is 0.410 e. The number of allylic oxidation sites excluding steroid dienone is 7. The van der Waals surface area contributed by atoms with E-state index in [1.807, 2.05) is 130 Å². The molecular formula is C60H100N12O2. The summed E-state index contributed by atoms with van der Waals surface area (Å²) >= 11 is 0. The quantitative estimate of drug-likeness (QED) is 0.0749. The molecule has 0 bridgehead atoms. The zero-order valence-electron chi connectivity index (χ0n) is 47.7. The monoisotopic (exact) mass is 1020 g/mol. The molecule has 8 N–H and O–H groups in total. The minimum Gasteiger partial charge on any atom is -0.410 e. The van der Waals surface area contributed by atoms with Gasteiger partial charge in [0.1, 0.15) is 5.75 Å². The molecule has 0 unspecified atom stereocenters. The number of aliphatic imine (C=N–C) groups is 4. The molecule has 4 aliphatic rings. The fraction of sp³-hybridized carbons (Fsp3) is 0.583. The maximum atomic E-state index is 12.3. The lowest BCUT2D eigenvalue weighted by Crippen LogP contribution is -2.48. The summed E-state index contributed by atoms with van der Waals surface area (Å²) in [5, 5.41) is 25.6. The molecule has 0 radical (unpaired) electrons. The van der Waals surface area contributed by atoms with Crippen LogP contribution in [-0.4, -0.2) is 54.1 Å². The third-order valence-corrected chi connectivity index (χ3v) is 11.9. The average Bonchev–Trinajstić information content (AvgIpc) is 3.39. The number of guanidine groups is 4. The van der Waals surface area contributed by atoms with E-state index >= 15 is 0 Å². The molecule has 1 aromatic carbocycles. The van der Waals surface area contributed by atoms with E-state index in [1.165, 1.54) is 119 Å². The highest BCUT2D eigenvalue weighted by atomic mass is 16.6. The van der Waals surface area contributed by atoms with E-state index in [0.717, 1.165) is 43.2 Å². The number of para-hydroxylation sites is 1. The molecule has 4 fully saturated rings. The van der Waals surface area contributed by atoms with Gasteiger partial charge < -0.3 is 42.0 Å². The Labute approximate surface area is 449 Å². The van der Waals surface area contributed by atoms with Crippen molar-refractivity contribution in [2.75, 3.05) is 0 Å². The van der Waals surface area contributed by atoms with Gasteiger partial charge in [-0.3, -0.25) is 5.32 Å². The zero-order valence-corrected chi connectivity index (χ0v) is 47.7. The van der Waals surface area contributed by atoms with E-state index in [4.69, 9.17) is 14.7 Å². The van der Waals surface area contributed by atoms with Crippen LogP contribution in [0.4, 0.5) is 4.79 Å². The molecule has 4 aliphatic carbocycles. The third kappa shape index (κ3) is 34.4. The van der Waals surface area contributed by atoms with E-state index in [0.29, 0.717) is 41.8 Å². The average molecular weight is 1020 g/mol. The Bertz CT molecular complexity index is 1970. The fourth-order valence-electron chi connectivity index (χ4n) is 8.14. The Balaban J connectivity index is 0.000000349. The lowest BCUT2D eigenvalue weighted by Gasteiger charge is -2.26. The number of hydrogen-bond donors (Lipinski definition) is 8. The third-order valence-electron chi connectivity index (χ3n) is 11.9. The Morgan fingerprint density at radius 3 is 1.30 bits per heavy atom. The van der Waals surface area contributed by atoms with Crippen molar-refractivity contribution in [1.82, 2.24) is 42.5 Å². The summed E-state index contributed by atoms with van der Waals surface area (Å²) in [4.78, 5) is 30.4. The van der Waals surface area contributed by atoms with Gasteiger partial charge in [-0.05, 0) is 152 Å². The first-order valence-corrected chi connectivity index (χ1v) is 27.9. The van der Waals surface area contributed by atoms with Crippen LogP contribution < -0.4 is 47.3 Å². The fourth-order valence-corrected chi connectivity index (χ4v) is 8.14. The molecule has 74 heavy (non-hydrogen) atoms. The maximum absolute atomic E-state index is 12.3. The van der Waals surface area contributed by atoms with Crippen molar-refractivity contribution in [2.24, 2.45) is 20.0 Å². The summed E-state index contributed by atoms with van der Waals surface area (Å²) in [5.74, 6) is 3.55. The second-order valence-electron chi connectivity index (χ2n) is 20.4. The van der Waals surface area contributed by atoms with Gasteiger partial charge in [0.05, 0.1) is 12.1 Å². The first kappa shape index (κ1) is 64.1. The number of rotatable bonds is 12. The molecular weight excluding hydrogens is 921 g/mol. The summed E-state index contributed by atoms with van der Waals surface area (Å²) < 4.78 is 5.35. The maximum Gasteiger partial charge on any atom is 0.419 e. The van der Waals surface area contributed by atoms with Crippen molar-refractivity contribution >= 4 is 29.9 Å². The predicted molar refractivity (Wildman–Crippen MR) is 317 cm³/mol. The SMILES string of the molecule is C/C=C\N=C(N/C=C/C)N/C=C/C.CC(C)=CN=C(NC=C(C)C)NC=C(C)C.CC(C)=CNC(=NC1CCCCC1)NC1CCCCC1.O=C(NC(=NC1CCCCC1)NC1CCCCC1)Oc1ccccc1. The second kappa shape index (κ2) is 41.3. The van der Waals surface area contributed by atoms with Gasteiger partial charge in [0.2, 0.25) is 17.9 Å². The predicted octanol–water partition coefficient (Wildman–Crippen LogP) is 13.9. The molecule has 0 aromatic heterocycles. The second-order valence-corrected chi connectivity index (χ2v) is 20.4. The molecule has 1 aromatic rings. The number of amides is 1. The first-order chi connectivity index (χ1) is 35.8. The van der Waals surface area contributed by atoms with Gasteiger partial charge in [-0.25, -0.2) is 24.8 Å². The Morgan fingerprint density at radius 2 is 0.878 bits per heavy atom. The van der Waals surface area contributed by atoms with Crippen molar-refractivity contribution in [2.45, 2.75) is 229 Å². The van der Waals surface area contributed by atoms with Gasteiger partial charge in [-0.1, -0.05) is 136 Å². The van der Waals surface area contributed by atoms with Crippen LogP contribution in [0.2, 0.25) is 0 Å². The number of nitrogens with zero attached hydrogens (tertiary/aromatic N) is 4. The molecule has 5 rings (SSSR count). The van der Waals surface area contributed by atoms with Crippen molar-refractivity contribution in [3.05, 3.63) is 114 Å². The van der Waals surface area contributed by atoms with Gasteiger partial charge in [0.25, 0.3) is 0 Å². The van der Waals surface area contributed by atoms with Crippen molar-refractivity contribution in [1.29, 1.82) is 0 Å². The van der Waals surface area contributed by atoms with Gasteiger partial charge >= 0.3 is 6.09 Å². The van der Waals surface area contributed by atoms with E-state index < -0.39 is 6.09 Å². The summed E-state index contributed by atoms with van der Waals surface area (Å²) in [5.41, 5.74) is 4.84. The minimum absolute atomic E-state index is 0.303. The number of benzene rings is 1. The largest absolute Gasteiger partial charge is 0.419 e. The molecule has 0 saturated heterocycles. The lowest BCUT2D eigenvalue weighted by atomic mass is 9.95. The number of hydrogen-bond acceptors (Lipinski definition) is 6. The van der Waals surface area contributed by atoms with Crippen LogP contribution in [0, 0.1) is 0 Å². The number of ether oxygens (including phenoxy) is 1. The summed E-state index contributed by atoms with van der Waals surface area (Å²) in [6.45, 7) is 22.2. The molecule has 0 heterocycles. The van der Waals surface area contributed by atoms with E-state index in [9.17, 15) is 4.79 Å². The van der Waals surface area contributed by atoms with E-state index in [2.05, 4.69) is 72.6 Å². The summed E-state index contributed by atoms with van der Waals surface area (Å²) in [6.07, 6.45) is 43.6. The van der Waals surface area contributed by atoms with Crippen LogP contribution >= 0.6 is 0 Å². The highest BCUT2D eigenvalue weighted by Crippen LogP contribution is 2.23. The molecule has 412 valence electrons. The van der Waals surface area contributed by atoms with Gasteiger partial charge in [0.15, 0.2) is 5.96 Å². The molecule has 0 atom stereocenters. The van der Waals surface area contributed by atoms with Gasteiger partial charge in [0, 0.05) is 43.1 Å². The summed E-state index contributed by atoms with van der Waals surface area (Å²) in [7, 11) is 0. The molecule has 1 amide bonds. The molecule has 4 saturated carbocycles. The Morgan fingerprint density at radius 1 is 0.473 bits per heavy atom. The molecule has 14 nitrogen and oxygen atoms in total. The molecule has 0 aliphatic heterocycles. The highest BCUT2D eigenvalue weighted by Gasteiger charge is 2.20. The normalized spacial score (nSPS) is 16.7. The van der Waals surface area contributed by atoms with Crippen LogP contribution in [0.3, 0.4) is 0 Å². The van der Waals surface area contributed by atoms with Crippen molar-refractivity contribution in [3.8, 4) is 5.75 Å². The number of carbonyl (C=O) groups excluding carboxylic acids is 1. The number of nitrogens with one attached hydrogen (secondary N) is 8. The van der Waals surface area contributed by atoms with Crippen LogP contribution in [0.5, 0.6) is 5.75 Å². The Kier molecular flexibility index (Phi) is 35.8. The topological polar surface area (TPSA) is 172 Å². The van der Waals surface area contributed by atoms with E-state index in [1.54, 1.807) is 18.3 Å². The van der Waals surface area contributed by atoms with Crippen molar-refractivity contribution < 1.29 is 9.53 Å². The van der Waals surface area contributed by atoms with E-state index in [-0.39, 0.29) is 0 Å². The van der Waals surface area contributed by atoms with Crippen LogP contribution in [-0.2, 0) is 0 Å². The van der Waals surface area contributed by atoms with Gasteiger partial charge in [-0.2, -0.15) is 0 Å². The number of carbonyl (C=O) groups is 1. The Hall–Kier alpha value is -6.05.